The molecule has 1 fully saturated rings. The fraction of sp³-hybridized carbons (Fsp3) is 0.500. The number of hydrogen-bond acceptors (Lipinski definition) is 3. The molecule has 0 unspecified atom stereocenters. The molecule has 1 saturated carbocycles. The second kappa shape index (κ2) is 6.16. The van der Waals surface area contributed by atoms with Crippen LogP contribution in [0, 0.1) is 19.8 Å². The molecular formula is C16H21NO4. The SMILES string of the molecule is COc1c(C)cc(C(=O)N[C@@H]2CCC[C@@H]2C(=O)O)cc1C. The number of carboxylic acid groups (broad SMARTS) is 1. The van der Waals surface area contributed by atoms with Crippen LogP contribution in [0.4, 0.5) is 0 Å². The molecule has 2 rings (SSSR count). The van der Waals surface area contributed by atoms with Crippen LogP contribution in [0.5, 0.6) is 5.75 Å². The number of nitrogens with one attached hydrogen (secondary N) is 1. The Morgan fingerprint density at radius 2 is 1.86 bits per heavy atom. The van der Waals surface area contributed by atoms with Crippen LogP contribution in [-0.4, -0.2) is 30.1 Å². The van der Waals surface area contributed by atoms with Crippen molar-refractivity contribution in [1.82, 2.24) is 5.32 Å². The van der Waals surface area contributed by atoms with Crippen LogP contribution < -0.4 is 10.1 Å². The molecule has 1 aliphatic rings. The van der Waals surface area contributed by atoms with Gasteiger partial charge in [-0.05, 0) is 49.9 Å². The van der Waals surface area contributed by atoms with Crippen molar-refractivity contribution in [3.63, 3.8) is 0 Å². The van der Waals surface area contributed by atoms with E-state index in [2.05, 4.69) is 5.32 Å². The molecule has 0 bridgehead atoms. The van der Waals surface area contributed by atoms with E-state index in [0.717, 1.165) is 29.7 Å². The Balaban J connectivity index is 2.16. The Morgan fingerprint density at radius 1 is 1.24 bits per heavy atom. The first-order chi connectivity index (χ1) is 9.93. The predicted octanol–water partition coefficient (Wildman–Crippen LogP) is 2.30. The first-order valence-electron chi connectivity index (χ1n) is 7.13. The standard InChI is InChI=1S/C16H21NO4/c1-9-7-11(8-10(2)14(9)21-3)15(18)17-13-6-4-5-12(13)16(19)20/h7-8,12-13H,4-6H2,1-3H3,(H,17,18)(H,19,20)/t12-,13+/m0/s1. The zero-order valence-corrected chi connectivity index (χ0v) is 12.6. The van der Waals surface area contributed by atoms with Crippen molar-refractivity contribution < 1.29 is 19.4 Å². The molecule has 21 heavy (non-hydrogen) atoms. The lowest BCUT2D eigenvalue weighted by molar-refractivity contribution is -0.142. The van der Waals surface area contributed by atoms with Crippen LogP contribution in [0.2, 0.25) is 0 Å². The minimum atomic E-state index is -0.833. The first kappa shape index (κ1) is 15.4. The van der Waals surface area contributed by atoms with Crippen molar-refractivity contribution in [3.05, 3.63) is 28.8 Å². The molecule has 2 atom stereocenters. The summed E-state index contributed by atoms with van der Waals surface area (Å²) in [7, 11) is 1.60. The second-order valence-corrected chi connectivity index (χ2v) is 5.60. The third-order valence-corrected chi connectivity index (χ3v) is 4.08. The number of carbonyl (C=O) groups excluding carboxylic acids is 1. The highest BCUT2D eigenvalue weighted by Gasteiger charge is 2.34. The third kappa shape index (κ3) is 3.17. The lowest BCUT2D eigenvalue weighted by Crippen LogP contribution is -2.40. The maximum Gasteiger partial charge on any atom is 0.308 e. The summed E-state index contributed by atoms with van der Waals surface area (Å²) < 4.78 is 5.28. The van der Waals surface area contributed by atoms with E-state index in [1.165, 1.54) is 0 Å². The van der Waals surface area contributed by atoms with Crippen molar-refractivity contribution >= 4 is 11.9 Å². The smallest absolute Gasteiger partial charge is 0.308 e. The van der Waals surface area contributed by atoms with Gasteiger partial charge in [-0.3, -0.25) is 9.59 Å². The fourth-order valence-electron chi connectivity index (χ4n) is 3.08. The highest BCUT2D eigenvalue weighted by atomic mass is 16.5. The summed E-state index contributed by atoms with van der Waals surface area (Å²) in [5.74, 6) is -0.757. The number of carbonyl (C=O) groups is 2. The Morgan fingerprint density at radius 3 is 2.38 bits per heavy atom. The highest BCUT2D eigenvalue weighted by molar-refractivity contribution is 5.95. The maximum atomic E-state index is 12.3. The summed E-state index contributed by atoms with van der Waals surface area (Å²) in [5.41, 5.74) is 2.33. The number of methoxy groups -OCH3 is 1. The van der Waals surface area contributed by atoms with Crippen molar-refractivity contribution in [1.29, 1.82) is 0 Å². The van der Waals surface area contributed by atoms with Gasteiger partial charge in [0.25, 0.3) is 5.91 Å². The van der Waals surface area contributed by atoms with Gasteiger partial charge < -0.3 is 15.2 Å². The summed E-state index contributed by atoms with van der Waals surface area (Å²) in [6, 6.07) is 3.26. The normalized spacial score (nSPS) is 21.1. The Bertz CT molecular complexity index is 544. The zero-order valence-electron chi connectivity index (χ0n) is 12.6. The maximum absolute atomic E-state index is 12.3. The summed E-state index contributed by atoms with van der Waals surface area (Å²) >= 11 is 0. The third-order valence-electron chi connectivity index (χ3n) is 4.08. The number of amides is 1. The van der Waals surface area contributed by atoms with E-state index in [-0.39, 0.29) is 11.9 Å². The van der Waals surface area contributed by atoms with Gasteiger partial charge in [0, 0.05) is 11.6 Å². The fourth-order valence-corrected chi connectivity index (χ4v) is 3.08. The summed E-state index contributed by atoms with van der Waals surface area (Å²) in [6.45, 7) is 3.77. The van der Waals surface area contributed by atoms with Crippen LogP contribution in [0.3, 0.4) is 0 Å². The van der Waals surface area contributed by atoms with Gasteiger partial charge in [-0.25, -0.2) is 0 Å². The van der Waals surface area contributed by atoms with Gasteiger partial charge in [0.2, 0.25) is 0 Å². The zero-order chi connectivity index (χ0) is 15.6. The van der Waals surface area contributed by atoms with Crippen molar-refractivity contribution in [2.45, 2.75) is 39.2 Å². The largest absolute Gasteiger partial charge is 0.496 e. The number of aliphatic carboxylic acids is 1. The van der Waals surface area contributed by atoms with Crippen LogP contribution in [0.25, 0.3) is 0 Å². The second-order valence-electron chi connectivity index (χ2n) is 5.60. The Kier molecular flexibility index (Phi) is 4.50. The van der Waals surface area contributed by atoms with Gasteiger partial charge in [-0.1, -0.05) is 6.42 Å². The van der Waals surface area contributed by atoms with E-state index in [4.69, 9.17) is 9.84 Å². The molecule has 5 heteroatoms. The highest BCUT2D eigenvalue weighted by Crippen LogP contribution is 2.27. The van der Waals surface area contributed by atoms with Gasteiger partial charge in [-0.2, -0.15) is 0 Å². The van der Waals surface area contributed by atoms with Crippen LogP contribution >= 0.6 is 0 Å². The molecule has 1 aliphatic carbocycles. The van der Waals surface area contributed by atoms with Crippen LogP contribution in [0.15, 0.2) is 12.1 Å². The average Bonchev–Trinajstić information content (AvgIpc) is 2.86. The molecule has 2 N–H and O–H groups in total. The first-order valence-corrected chi connectivity index (χ1v) is 7.13. The van der Waals surface area contributed by atoms with Gasteiger partial charge in [-0.15, -0.1) is 0 Å². The molecule has 0 saturated heterocycles. The molecule has 5 nitrogen and oxygen atoms in total. The molecule has 1 aromatic carbocycles. The molecule has 0 radical (unpaired) electrons. The topological polar surface area (TPSA) is 75.6 Å². The van der Waals surface area contributed by atoms with Crippen LogP contribution in [-0.2, 0) is 4.79 Å². The van der Waals surface area contributed by atoms with E-state index in [1.54, 1.807) is 19.2 Å². The molecule has 114 valence electrons. The molecule has 0 spiro atoms. The van der Waals surface area contributed by atoms with Crippen molar-refractivity contribution in [2.75, 3.05) is 7.11 Å². The monoisotopic (exact) mass is 291 g/mol. The van der Waals surface area contributed by atoms with Crippen LogP contribution in [0.1, 0.15) is 40.7 Å². The van der Waals surface area contributed by atoms with Gasteiger partial charge in [0.05, 0.1) is 13.0 Å². The van der Waals surface area contributed by atoms with Crippen molar-refractivity contribution in [2.24, 2.45) is 5.92 Å². The Hall–Kier alpha value is -2.04. The average molecular weight is 291 g/mol. The van der Waals surface area contributed by atoms with E-state index in [1.807, 2.05) is 13.8 Å². The number of carboxylic acids is 1. The number of benzene rings is 1. The van der Waals surface area contributed by atoms with Gasteiger partial charge in [0.1, 0.15) is 5.75 Å². The minimum absolute atomic E-state index is 0.220. The quantitative estimate of drug-likeness (QED) is 0.892. The number of ether oxygens (including phenoxy) is 1. The Labute approximate surface area is 124 Å². The minimum Gasteiger partial charge on any atom is -0.496 e. The molecule has 0 aromatic heterocycles. The summed E-state index contributed by atoms with van der Waals surface area (Å²) in [4.78, 5) is 23.5. The lowest BCUT2D eigenvalue weighted by Gasteiger charge is -2.18. The van der Waals surface area contributed by atoms with Gasteiger partial charge >= 0.3 is 5.97 Å². The van der Waals surface area contributed by atoms with E-state index >= 15 is 0 Å². The van der Waals surface area contributed by atoms with E-state index in [0.29, 0.717) is 12.0 Å². The molecule has 0 heterocycles. The molecule has 1 aromatic rings. The lowest BCUT2D eigenvalue weighted by atomic mass is 10.0. The molecular weight excluding hydrogens is 270 g/mol. The molecule has 0 aliphatic heterocycles. The summed E-state index contributed by atoms with van der Waals surface area (Å²) in [5, 5.41) is 12.0. The van der Waals surface area contributed by atoms with Crippen molar-refractivity contribution in [3.8, 4) is 5.75 Å². The van der Waals surface area contributed by atoms with E-state index in [9.17, 15) is 9.59 Å². The number of aryl methyl sites for hydroxylation is 2. The molecule has 1 amide bonds. The summed E-state index contributed by atoms with van der Waals surface area (Å²) in [6.07, 6.45) is 2.18. The van der Waals surface area contributed by atoms with E-state index < -0.39 is 11.9 Å². The van der Waals surface area contributed by atoms with Gasteiger partial charge in [0.15, 0.2) is 0 Å². The number of rotatable bonds is 4. The number of hydrogen-bond donors (Lipinski definition) is 2. The predicted molar refractivity (Wildman–Crippen MR) is 78.7 cm³/mol.